The molecular formula is C23H17NO3. The van der Waals surface area contributed by atoms with Gasteiger partial charge in [-0.1, -0.05) is 36.4 Å². The van der Waals surface area contributed by atoms with Crippen molar-refractivity contribution in [3.05, 3.63) is 83.6 Å². The average molecular weight is 355 g/mol. The lowest BCUT2D eigenvalue weighted by molar-refractivity contribution is 0.101. The fourth-order valence-electron chi connectivity index (χ4n) is 3.19. The molecule has 0 bridgehead atoms. The molecule has 0 atom stereocenters. The lowest BCUT2D eigenvalue weighted by Gasteiger charge is -2.10. The molecule has 0 unspecified atom stereocenters. The Morgan fingerprint density at radius 2 is 1.67 bits per heavy atom. The van der Waals surface area contributed by atoms with Crippen molar-refractivity contribution in [3.63, 3.8) is 0 Å². The average Bonchev–Trinajstić information content (AvgIpc) is 2.71. The smallest absolute Gasteiger partial charge is 0.212 e. The highest BCUT2D eigenvalue weighted by molar-refractivity contribution is 6.17. The number of pyridine rings is 1. The Kier molecular flexibility index (Phi) is 4.16. The van der Waals surface area contributed by atoms with Gasteiger partial charge in [0.05, 0.1) is 12.6 Å². The summed E-state index contributed by atoms with van der Waals surface area (Å²) in [7, 11) is 1.56. The molecule has 27 heavy (non-hydrogen) atoms. The third kappa shape index (κ3) is 3.06. The fourth-order valence-corrected chi connectivity index (χ4v) is 3.19. The largest absolute Gasteiger partial charge is 0.497 e. The summed E-state index contributed by atoms with van der Waals surface area (Å²) in [5.74, 6) is 0.336. The first kappa shape index (κ1) is 16.9. The first-order chi connectivity index (χ1) is 13.1. The predicted molar refractivity (Wildman–Crippen MR) is 106 cm³/mol. The number of ketones is 2. The predicted octanol–water partition coefficient (Wildman–Crippen LogP) is 4.83. The van der Waals surface area contributed by atoms with Gasteiger partial charge in [0.25, 0.3) is 0 Å². The standard InChI is InChI=1S/C23H17NO3/c1-14(25)16-7-8-17-11-18(27-2)13-20(19(17)12-16)23(26)22-10-9-15-5-3-4-6-21(15)24-22/h3-13H,1-2H3. The van der Waals surface area contributed by atoms with E-state index < -0.39 is 0 Å². The molecule has 0 saturated heterocycles. The Morgan fingerprint density at radius 3 is 2.44 bits per heavy atom. The number of hydrogen-bond donors (Lipinski definition) is 0. The second kappa shape index (κ2) is 6.65. The summed E-state index contributed by atoms with van der Waals surface area (Å²) in [6, 6.07) is 20.2. The molecule has 0 radical (unpaired) electrons. The lowest BCUT2D eigenvalue weighted by atomic mass is 9.96. The van der Waals surface area contributed by atoms with Crippen LogP contribution in [-0.4, -0.2) is 23.7 Å². The molecule has 0 fully saturated rings. The molecule has 0 amide bonds. The number of para-hydroxylation sites is 1. The number of rotatable bonds is 4. The zero-order valence-electron chi connectivity index (χ0n) is 15.0. The van der Waals surface area contributed by atoms with Crippen molar-refractivity contribution in [1.29, 1.82) is 0 Å². The zero-order chi connectivity index (χ0) is 19.0. The maximum Gasteiger partial charge on any atom is 0.212 e. The number of fused-ring (bicyclic) bond motifs is 2. The summed E-state index contributed by atoms with van der Waals surface area (Å²) in [5, 5.41) is 2.52. The van der Waals surface area contributed by atoms with Gasteiger partial charge in [-0.3, -0.25) is 9.59 Å². The number of nitrogens with zero attached hydrogens (tertiary/aromatic N) is 1. The van der Waals surface area contributed by atoms with Crippen molar-refractivity contribution in [1.82, 2.24) is 4.98 Å². The van der Waals surface area contributed by atoms with Crippen LogP contribution in [0, 0.1) is 0 Å². The summed E-state index contributed by atoms with van der Waals surface area (Å²) >= 11 is 0. The van der Waals surface area contributed by atoms with Crippen LogP contribution in [0.25, 0.3) is 21.7 Å². The van der Waals surface area contributed by atoms with Gasteiger partial charge in [0, 0.05) is 16.5 Å². The number of Topliss-reactive ketones (excluding diaryl/α,β-unsaturated/α-hetero) is 1. The maximum absolute atomic E-state index is 13.3. The molecule has 1 heterocycles. The monoisotopic (exact) mass is 355 g/mol. The molecule has 0 aliphatic rings. The van der Waals surface area contributed by atoms with Crippen LogP contribution < -0.4 is 4.74 Å². The topological polar surface area (TPSA) is 56.3 Å². The molecule has 4 nitrogen and oxygen atoms in total. The van der Waals surface area contributed by atoms with Gasteiger partial charge in [0.15, 0.2) is 5.78 Å². The van der Waals surface area contributed by atoms with Gasteiger partial charge in [-0.05, 0) is 48.0 Å². The number of hydrogen-bond acceptors (Lipinski definition) is 4. The van der Waals surface area contributed by atoms with E-state index in [1.54, 1.807) is 31.4 Å². The van der Waals surface area contributed by atoms with Crippen LogP contribution in [0.4, 0.5) is 0 Å². The molecule has 3 aromatic carbocycles. The highest BCUT2D eigenvalue weighted by Gasteiger charge is 2.17. The van der Waals surface area contributed by atoms with Gasteiger partial charge in [-0.2, -0.15) is 0 Å². The van der Waals surface area contributed by atoms with E-state index in [0.717, 1.165) is 16.3 Å². The second-order valence-electron chi connectivity index (χ2n) is 6.39. The SMILES string of the molecule is COc1cc(C(=O)c2ccc3ccccc3n2)c2cc(C(C)=O)ccc2c1. The number of ether oxygens (including phenoxy) is 1. The maximum atomic E-state index is 13.3. The van der Waals surface area contributed by atoms with Crippen molar-refractivity contribution in [3.8, 4) is 5.75 Å². The van der Waals surface area contributed by atoms with Crippen LogP contribution in [0.2, 0.25) is 0 Å². The van der Waals surface area contributed by atoms with Crippen LogP contribution in [0.3, 0.4) is 0 Å². The fraction of sp³-hybridized carbons (Fsp3) is 0.0870. The molecule has 0 N–H and O–H groups in total. The summed E-state index contributed by atoms with van der Waals surface area (Å²) in [4.78, 5) is 29.6. The van der Waals surface area contributed by atoms with E-state index in [-0.39, 0.29) is 11.6 Å². The van der Waals surface area contributed by atoms with E-state index in [4.69, 9.17) is 4.74 Å². The molecule has 4 heteroatoms. The van der Waals surface area contributed by atoms with E-state index in [9.17, 15) is 9.59 Å². The Bertz CT molecular complexity index is 1210. The summed E-state index contributed by atoms with van der Waals surface area (Å²) in [6.45, 7) is 1.51. The molecule has 0 spiro atoms. The molecule has 0 aliphatic heterocycles. The lowest BCUT2D eigenvalue weighted by Crippen LogP contribution is -2.06. The number of benzene rings is 3. The van der Waals surface area contributed by atoms with E-state index in [0.29, 0.717) is 28.0 Å². The van der Waals surface area contributed by atoms with E-state index in [1.165, 1.54) is 6.92 Å². The summed E-state index contributed by atoms with van der Waals surface area (Å²) < 4.78 is 5.36. The number of carbonyl (C=O) groups excluding carboxylic acids is 2. The van der Waals surface area contributed by atoms with Gasteiger partial charge < -0.3 is 4.74 Å². The Labute approximate surface area is 156 Å². The number of aromatic nitrogens is 1. The van der Waals surface area contributed by atoms with Crippen molar-refractivity contribution in [2.45, 2.75) is 6.92 Å². The molecule has 0 saturated carbocycles. The van der Waals surface area contributed by atoms with Crippen LogP contribution >= 0.6 is 0 Å². The van der Waals surface area contributed by atoms with Crippen LogP contribution in [-0.2, 0) is 0 Å². The normalized spacial score (nSPS) is 10.9. The third-order valence-electron chi connectivity index (χ3n) is 4.65. The van der Waals surface area contributed by atoms with Crippen molar-refractivity contribution in [2.24, 2.45) is 0 Å². The van der Waals surface area contributed by atoms with Crippen LogP contribution in [0.1, 0.15) is 33.3 Å². The van der Waals surface area contributed by atoms with Gasteiger partial charge in [-0.25, -0.2) is 4.98 Å². The minimum atomic E-state index is -0.203. The highest BCUT2D eigenvalue weighted by Crippen LogP contribution is 2.28. The Morgan fingerprint density at radius 1 is 0.889 bits per heavy atom. The molecule has 1 aromatic heterocycles. The first-order valence-corrected chi connectivity index (χ1v) is 8.60. The second-order valence-corrected chi connectivity index (χ2v) is 6.39. The van der Waals surface area contributed by atoms with Crippen molar-refractivity contribution in [2.75, 3.05) is 7.11 Å². The Balaban J connectivity index is 1.92. The highest BCUT2D eigenvalue weighted by atomic mass is 16.5. The quantitative estimate of drug-likeness (QED) is 0.492. The molecule has 132 valence electrons. The zero-order valence-corrected chi connectivity index (χ0v) is 15.0. The minimum Gasteiger partial charge on any atom is -0.497 e. The summed E-state index contributed by atoms with van der Waals surface area (Å²) in [6.07, 6.45) is 0. The minimum absolute atomic E-state index is 0.0463. The Hall–Kier alpha value is -3.53. The van der Waals surface area contributed by atoms with Gasteiger partial charge in [0.2, 0.25) is 5.78 Å². The summed E-state index contributed by atoms with van der Waals surface area (Å²) in [5.41, 5.74) is 2.15. The van der Waals surface area contributed by atoms with E-state index in [1.807, 2.05) is 42.5 Å². The molecule has 4 rings (SSSR count). The molecular weight excluding hydrogens is 338 g/mol. The number of carbonyl (C=O) groups is 2. The van der Waals surface area contributed by atoms with Gasteiger partial charge in [0.1, 0.15) is 11.4 Å². The van der Waals surface area contributed by atoms with E-state index in [2.05, 4.69) is 4.98 Å². The molecule has 0 aliphatic carbocycles. The third-order valence-corrected chi connectivity index (χ3v) is 4.65. The van der Waals surface area contributed by atoms with Gasteiger partial charge in [-0.15, -0.1) is 0 Å². The van der Waals surface area contributed by atoms with Crippen molar-refractivity contribution >= 4 is 33.2 Å². The first-order valence-electron chi connectivity index (χ1n) is 8.60. The van der Waals surface area contributed by atoms with E-state index >= 15 is 0 Å². The number of methoxy groups -OCH3 is 1. The van der Waals surface area contributed by atoms with Crippen LogP contribution in [0.5, 0.6) is 5.75 Å². The van der Waals surface area contributed by atoms with Crippen molar-refractivity contribution < 1.29 is 14.3 Å². The molecule has 4 aromatic rings. The van der Waals surface area contributed by atoms with Gasteiger partial charge >= 0.3 is 0 Å². The van der Waals surface area contributed by atoms with Crippen LogP contribution in [0.15, 0.2) is 66.7 Å².